The van der Waals surface area contributed by atoms with Crippen molar-refractivity contribution in [3.8, 4) is 11.6 Å². The van der Waals surface area contributed by atoms with Crippen LogP contribution in [0, 0.1) is 0 Å². The number of halogens is 2. The molecule has 0 bridgehead atoms. The van der Waals surface area contributed by atoms with E-state index < -0.39 is 11.2 Å². The lowest BCUT2D eigenvalue weighted by Gasteiger charge is -2.40. The van der Waals surface area contributed by atoms with Crippen LogP contribution in [0.3, 0.4) is 0 Å². The van der Waals surface area contributed by atoms with Crippen molar-refractivity contribution < 1.29 is 24.5 Å². The maximum atomic E-state index is 12.2. The molecule has 0 amide bonds. The Labute approximate surface area is 198 Å². The summed E-state index contributed by atoms with van der Waals surface area (Å²) < 4.78 is 13.1. The van der Waals surface area contributed by atoms with Crippen LogP contribution in [0.4, 0.5) is 0 Å². The molecule has 32 heavy (non-hydrogen) atoms. The van der Waals surface area contributed by atoms with Crippen LogP contribution in [-0.2, 0) is 16.0 Å². The standard InChI is InChI=1S/C23H19BrClNO3.CH2O2/c1-28-21-20-18(13-19(25)26-21)29-23(15-7-9-16(24)10-8-15)17(11-12-22(20,23)27)14-5-3-2-4-6-14;2-1-3/h2-10,13,17,27H,11-12H2,1H3;1H,(H,2,3). The summed E-state index contributed by atoms with van der Waals surface area (Å²) in [6, 6.07) is 19.8. The molecule has 1 aliphatic heterocycles. The van der Waals surface area contributed by atoms with E-state index in [2.05, 4.69) is 33.0 Å². The zero-order valence-corrected chi connectivity index (χ0v) is 19.5. The molecule has 0 radical (unpaired) electrons. The molecular weight excluding hydrogens is 498 g/mol. The van der Waals surface area contributed by atoms with Crippen molar-refractivity contribution in [3.63, 3.8) is 0 Å². The van der Waals surface area contributed by atoms with Crippen molar-refractivity contribution in [1.82, 2.24) is 4.98 Å². The van der Waals surface area contributed by atoms with E-state index in [9.17, 15) is 5.11 Å². The Morgan fingerprint density at radius 3 is 2.50 bits per heavy atom. The number of aliphatic hydroxyl groups is 1. The molecule has 1 aromatic heterocycles. The summed E-state index contributed by atoms with van der Waals surface area (Å²) in [5.41, 5.74) is 0.309. The molecule has 2 heterocycles. The van der Waals surface area contributed by atoms with Crippen LogP contribution in [0.1, 0.15) is 35.4 Å². The van der Waals surface area contributed by atoms with Crippen molar-refractivity contribution >= 4 is 34.0 Å². The molecule has 3 atom stereocenters. The van der Waals surface area contributed by atoms with Gasteiger partial charge in [-0.2, -0.15) is 0 Å². The molecule has 1 saturated carbocycles. The third-order valence-electron chi connectivity index (χ3n) is 6.17. The second-order valence-electron chi connectivity index (χ2n) is 7.64. The van der Waals surface area contributed by atoms with Crippen LogP contribution in [0.5, 0.6) is 11.6 Å². The second-order valence-corrected chi connectivity index (χ2v) is 8.94. The van der Waals surface area contributed by atoms with Crippen LogP contribution in [0.15, 0.2) is 65.1 Å². The molecule has 6 nitrogen and oxygen atoms in total. The second kappa shape index (κ2) is 8.73. The number of hydrogen-bond acceptors (Lipinski definition) is 5. The summed E-state index contributed by atoms with van der Waals surface area (Å²) in [7, 11) is 1.53. The van der Waals surface area contributed by atoms with Gasteiger partial charge < -0.3 is 19.7 Å². The van der Waals surface area contributed by atoms with Gasteiger partial charge in [-0.25, -0.2) is 4.98 Å². The Kier molecular flexibility index (Phi) is 6.16. The molecule has 0 saturated heterocycles. The first kappa shape index (κ1) is 22.6. The number of methoxy groups -OCH3 is 1. The zero-order chi connectivity index (χ0) is 22.9. The monoisotopic (exact) mass is 517 g/mol. The van der Waals surface area contributed by atoms with Gasteiger partial charge in [-0.3, -0.25) is 4.79 Å². The molecule has 1 aliphatic carbocycles. The number of carboxylic acid groups (broad SMARTS) is 1. The topological polar surface area (TPSA) is 88.9 Å². The van der Waals surface area contributed by atoms with E-state index in [-0.39, 0.29) is 17.5 Å². The van der Waals surface area contributed by atoms with Gasteiger partial charge in [0.05, 0.1) is 12.7 Å². The van der Waals surface area contributed by atoms with Gasteiger partial charge in [0.25, 0.3) is 6.47 Å². The Hall–Kier alpha value is -2.61. The van der Waals surface area contributed by atoms with Gasteiger partial charge in [0.1, 0.15) is 16.5 Å². The molecule has 2 aromatic carbocycles. The van der Waals surface area contributed by atoms with E-state index in [1.165, 1.54) is 7.11 Å². The zero-order valence-electron chi connectivity index (χ0n) is 17.2. The number of ether oxygens (including phenoxy) is 2. The Balaban J connectivity index is 0.000000775. The van der Waals surface area contributed by atoms with Crippen molar-refractivity contribution in [1.29, 1.82) is 0 Å². The first-order valence-electron chi connectivity index (χ1n) is 9.96. The molecule has 2 aliphatic rings. The lowest BCUT2D eigenvalue weighted by molar-refractivity contribution is -0.122. The van der Waals surface area contributed by atoms with E-state index in [4.69, 9.17) is 31.0 Å². The first-order chi connectivity index (χ1) is 15.4. The van der Waals surface area contributed by atoms with E-state index >= 15 is 0 Å². The molecule has 166 valence electrons. The SMILES string of the molecule is COc1nc(Cl)cc2c1C1(O)CCC(c3ccccc3)C1(c1ccc(Br)cc1)O2.O=CO. The third kappa shape index (κ3) is 3.36. The first-order valence-corrected chi connectivity index (χ1v) is 11.1. The van der Waals surface area contributed by atoms with Gasteiger partial charge in [0.2, 0.25) is 5.88 Å². The minimum absolute atomic E-state index is 0.0502. The average Bonchev–Trinajstić information content (AvgIpc) is 3.21. The minimum atomic E-state index is -1.29. The highest BCUT2D eigenvalue weighted by atomic mass is 79.9. The maximum Gasteiger partial charge on any atom is 0.290 e. The van der Waals surface area contributed by atoms with Gasteiger partial charge in [-0.1, -0.05) is 70.0 Å². The predicted octanol–water partition coefficient (Wildman–Crippen LogP) is 5.26. The van der Waals surface area contributed by atoms with Crippen LogP contribution < -0.4 is 9.47 Å². The smallest absolute Gasteiger partial charge is 0.290 e. The average molecular weight is 519 g/mol. The highest BCUT2D eigenvalue weighted by molar-refractivity contribution is 9.10. The molecule has 0 spiro atoms. The summed E-state index contributed by atoms with van der Waals surface area (Å²) in [5, 5.41) is 19.3. The van der Waals surface area contributed by atoms with Crippen molar-refractivity contribution in [2.45, 2.75) is 30.0 Å². The lowest BCUT2D eigenvalue weighted by Crippen LogP contribution is -2.48. The largest absolute Gasteiger partial charge is 0.483 e. The number of fused-ring (bicyclic) bond motifs is 3. The lowest BCUT2D eigenvalue weighted by atomic mass is 9.72. The highest BCUT2D eigenvalue weighted by Gasteiger charge is 2.69. The van der Waals surface area contributed by atoms with E-state index in [1.807, 2.05) is 42.5 Å². The predicted molar refractivity (Wildman–Crippen MR) is 123 cm³/mol. The Morgan fingerprint density at radius 2 is 1.88 bits per heavy atom. The molecule has 3 aromatic rings. The van der Waals surface area contributed by atoms with Crippen LogP contribution in [0.25, 0.3) is 0 Å². The minimum Gasteiger partial charge on any atom is -0.483 e. The highest BCUT2D eigenvalue weighted by Crippen LogP contribution is 2.68. The number of nitrogens with zero attached hydrogens (tertiary/aromatic N) is 1. The maximum absolute atomic E-state index is 12.2. The Bertz CT molecular complexity index is 1130. The molecular formula is C24H21BrClNO5. The van der Waals surface area contributed by atoms with Crippen LogP contribution in [0.2, 0.25) is 5.15 Å². The van der Waals surface area contributed by atoms with Crippen molar-refractivity contribution in [2.24, 2.45) is 0 Å². The fourth-order valence-corrected chi connectivity index (χ4v) is 5.47. The molecule has 2 N–H and O–H groups in total. The van der Waals surface area contributed by atoms with Crippen LogP contribution >= 0.6 is 27.5 Å². The Morgan fingerprint density at radius 1 is 1.22 bits per heavy atom. The molecule has 5 rings (SSSR count). The normalized spacial score (nSPS) is 25.1. The fraction of sp³-hybridized carbons (Fsp3) is 0.250. The quantitative estimate of drug-likeness (QED) is 0.363. The van der Waals surface area contributed by atoms with Gasteiger partial charge in [0.15, 0.2) is 5.60 Å². The molecule has 1 fully saturated rings. The molecule has 8 heteroatoms. The van der Waals surface area contributed by atoms with E-state index in [1.54, 1.807) is 6.07 Å². The van der Waals surface area contributed by atoms with Gasteiger partial charge in [-0.15, -0.1) is 0 Å². The summed E-state index contributed by atoms with van der Waals surface area (Å²) in [6.07, 6.45) is 1.29. The number of hydrogen-bond donors (Lipinski definition) is 2. The van der Waals surface area contributed by atoms with Gasteiger partial charge >= 0.3 is 0 Å². The van der Waals surface area contributed by atoms with E-state index in [0.29, 0.717) is 23.6 Å². The third-order valence-corrected chi connectivity index (χ3v) is 6.89. The number of rotatable bonds is 3. The summed E-state index contributed by atoms with van der Waals surface area (Å²) in [6.45, 7) is -0.250. The number of pyridine rings is 1. The van der Waals surface area contributed by atoms with Crippen molar-refractivity contribution in [2.75, 3.05) is 7.11 Å². The number of carbonyl (C=O) groups is 1. The van der Waals surface area contributed by atoms with Gasteiger partial charge in [0, 0.05) is 16.5 Å². The number of aromatic nitrogens is 1. The van der Waals surface area contributed by atoms with Crippen molar-refractivity contribution in [3.05, 3.63) is 87.0 Å². The summed E-state index contributed by atoms with van der Waals surface area (Å²) in [4.78, 5) is 12.7. The van der Waals surface area contributed by atoms with Gasteiger partial charge in [-0.05, 0) is 36.1 Å². The summed E-state index contributed by atoms with van der Waals surface area (Å²) in [5.74, 6) is 0.779. The fourth-order valence-electron chi connectivity index (χ4n) is 5.03. The van der Waals surface area contributed by atoms with Crippen LogP contribution in [-0.4, -0.2) is 28.8 Å². The summed E-state index contributed by atoms with van der Waals surface area (Å²) >= 11 is 9.72. The molecule has 3 unspecified atom stereocenters. The van der Waals surface area contributed by atoms with E-state index in [0.717, 1.165) is 22.0 Å². The number of benzene rings is 2.